The third kappa shape index (κ3) is 8.34. The summed E-state index contributed by atoms with van der Waals surface area (Å²) >= 11 is 1.74. The van der Waals surface area contributed by atoms with Crippen LogP contribution in [0.1, 0.15) is 46.0 Å². The quantitative estimate of drug-likeness (QED) is 0.252. The monoisotopic (exact) mass is 486 g/mol. The first-order valence-electron chi connectivity index (χ1n) is 9.45. The van der Waals surface area contributed by atoms with E-state index >= 15 is 0 Å². The van der Waals surface area contributed by atoms with Crippen molar-refractivity contribution in [1.82, 2.24) is 0 Å². The predicted molar refractivity (Wildman–Crippen MR) is 118 cm³/mol. The summed E-state index contributed by atoms with van der Waals surface area (Å²) in [5.41, 5.74) is 2.92. The van der Waals surface area contributed by atoms with E-state index < -0.39 is 0 Å². The fourth-order valence-electron chi connectivity index (χ4n) is 4.10. The fraction of sp³-hybridized carbons (Fsp3) is 0.591. The summed E-state index contributed by atoms with van der Waals surface area (Å²) in [6.07, 6.45) is 24.2. The minimum atomic E-state index is 0. The molecular weight excluding hydrogens is 454 g/mol. The second-order valence-electron chi connectivity index (χ2n) is 7.62. The predicted octanol–water partition coefficient (Wildman–Crippen LogP) is 7.08. The van der Waals surface area contributed by atoms with E-state index in [1.807, 2.05) is 0 Å². The topological polar surface area (TPSA) is 0 Å². The Bertz CT molecular complexity index is 542. The molecular formula is C22H34Cl2SiZr. The molecule has 26 heavy (non-hydrogen) atoms. The SMILES string of the molecule is C1=CC2[CH-]C3CCCCC3C2C=C1.CC1=[C-]CC=C1C.C[Si](C)=[Zr+2].Cl.Cl. The normalized spacial score (nSPS) is 29.9. The van der Waals surface area contributed by atoms with Gasteiger partial charge in [0.25, 0.3) is 0 Å². The maximum absolute atomic E-state index is 3.19. The number of allylic oxidation sites excluding steroid dienone is 8. The number of halogens is 2. The van der Waals surface area contributed by atoms with Crippen LogP contribution in [-0.4, -0.2) is 5.43 Å². The Morgan fingerprint density at radius 3 is 2.23 bits per heavy atom. The molecule has 4 heteroatoms. The van der Waals surface area contributed by atoms with Crippen molar-refractivity contribution in [3.8, 4) is 0 Å². The molecule has 0 amide bonds. The van der Waals surface area contributed by atoms with Gasteiger partial charge >= 0.3 is 41.9 Å². The summed E-state index contributed by atoms with van der Waals surface area (Å²) in [4.78, 5) is 0. The molecule has 4 rings (SSSR count). The van der Waals surface area contributed by atoms with Crippen LogP contribution in [0.3, 0.4) is 0 Å². The Labute approximate surface area is 189 Å². The van der Waals surface area contributed by atoms with E-state index in [1.165, 1.54) is 36.8 Å². The van der Waals surface area contributed by atoms with Gasteiger partial charge in [0.2, 0.25) is 0 Å². The van der Waals surface area contributed by atoms with Gasteiger partial charge in [-0.2, -0.15) is 12.0 Å². The van der Waals surface area contributed by atoms with E-state index in [0.717, 1.165) is 30.1 Å². The van der Waals surface area contributed by atoms with E-state index in [-0.39, 0.29) is 30.2 Å². The van der Waals surface area contributed by atoms with Crippen molar-refractivity contribution in [2.24, 2.45) is 23.7 Å². The third-order valence-corrected chi connectivity index (χ3v) is 5.43. The molecule has 0 saturated heterocycles. The van der Waals surface area contributed by atoms with E-state index in [1.54, 1.807) is 23.3 Å². The average molecular weight is 489 g/mol. The Kier molecular flexibility index (Phi) is 14.1. The van der Waals surface area contributed by atoms with Crippen LogP contribution in [-0.2, 0) is 23.3 Å². The molecule has 4 aliphatic carbocycles. The van der Waals surface area contributed by atoms with Crippen LogP contribution in [0.5, 0.6) is 0 Å². The number of rotatable bonds is 0. The van der Waals surface area contributed by atoms with Gasteiger partial charge in [0, 0.05) is 0 Å². The summed E-state index contributed by atoms with van der Waals surface area (Å²) in [5, 5.41) is 0. The molecule has 0 radical (unpaired) electrons. The van der Waals surface area contributed by atoms with Crippen LogP contribution in [0.25, 0.3) is 0 Å². The minimum Gasteiger partial charge on any atom is -0.147 e. The van der Waals surface area contributed by atoms with Crippen molar-refractivity contribution in [3.63, 3.8) is 0 Å². The summed E-state index contributed by atoms with van der Waals surface area (Å²) in [6.45, 7) is 8.83. The first kappa shape index (κ1) is 26.6. The molecule has 4 atom stereocenters. The zero-order valence-electron chi connectivity index (χ0n) is 16.6. The van der Waals surface area contributed by atoms with Crippen LogP contribution in [0, 0.1) is 36.2 Å². The largest absolute Gasteiger partial charge is 0.147 e. The van der Waals surface area contributed by atoms with E-state index in [0.29, 0.717) is 0 Å². The molecule has 0 aromatic carbocycles. The van der Waals surface area contributed by atoms with Crippen LogP contribution < -0.4 is 0 Å². The molecule has 0 bridgehead atoms. The summed E-state index contributed by atoms with van der Waals surface area (Å²) < 4.78 is 0. The number of hydrogen-bond donors (Lipinski definition) is 0. The van der Waals surface area contributed by atoms with Gasteiger partial charge in [-0.3, -0.25) is 6.08 Å². The van der Waals surface area contributed by atoms with Gasteiger partial charge in [-0.25, -0.2) is 11.1 Å². The average Bonchev–Trinajstić information content (AvgIpc) is 3.11. The Morgan fingerprint density at radius 2 is 1.69 bits per heavy atom. The van der Waals surface area contributed by atoms with Crippen molar-refractivity contribution < 1.29 is 23.3 Å². The minimum absolute atomic E-state index is 0. The fourth-order valence-corrected chi connectivity index (χ4v) is 4.10. The smallest absolute Gasteiger partial charge is 0.147 e. The van der Waals surface area contributed by atoms with E-state index in [2.05, 4.69) is 69.8 Å². The van der Waals surface area contributed by atoms with Crippen LogP contribution in [0.2, 0.25) is 13.1 Å². The van der Waals surface area contributed by atoms with Crippen LogP contribution in [0.15, 0.2) is 41.5 Å². The second kappa shape index (κ2) is 13.8. The molecule has 4 aliphatic rings. The van der Waals surface area contributed by atoms with Crippen molar-refractivity contribution in [1.29, 1.82) is 0 Å². The molecule has 0 aromatic rings. The maximum Gasteiger partial charge on any atom is -0.147 e. The Balaban J connectivity index is 0.000000415. The molecule has 4 unspecified atom stereocenters. The zero-order valence-corrected chi connectivity index (χ0v) is 21.7. The van der Waals surface area contributed by atoms with Gasteiger partial charge in [-0.05, 0) is 5.92 Å². The van der Waals surface area contributed by atoms with E-state index in [9.17, 15) is 0 Å². The zero-order chi connectivity index (χ0) is 17.5. The summed E-state index contributed by atoms with van der Waals surface area (Å²) in [5.74, 6) is 3.56. The van der Waals surface area contributed by atoms with Crippen LogP contribution in [0.4, 0.5) is 0 Å². The molecule has 0 aliphatic heterocycles. The van der Waals surface area contributed by atoms with Crippen molar-refractivity contribution in [2.75, 3.05) is 0 Å². The number of hydrogen-bond acceptors (Lipinski definition) is 0. The van der Waals surface area contributed by atoms with Gasteiger partial charge in [0.1, 0.15) is 0 Å². The molecule has 0 nitrogen and oxygen atoms in total. The van der Waals surface area contributed by atoms with Gasteiger partial charge in [-0.1, -0.05) is 56.8 Å². The summed E-state index contributed by atoms with van der Waals surface area (Å²) in [7, 11) is 0. The standard InChI is InChI=1S/C13H17.C7H9.C2H6Si.2ClH.Zr/c1-3-7-12-10(5-1)9-11-6-2-4-8-13(11)12;1-6-4-3-5-7(6)2;1-3-2;;;/h1,3,5,7,9-13H,2,4,6,8H2;4H,3H2,1-2H3;1-2H3;2*1H;/q2*-1;;;;+2. The van der Waals surface area contributed by atoms with Crippen molar-refractivity contribution in [2.45, 2.75) is 59.0 Å². The molecule has 144 valence electrons. The Morgan fingerprint density at radius 1 is 1.08 bits per heavy atom. The first-order valence-corrected chi connectivity index (χ1v) is 15.6. The molecule has 0 spiro atoms. The van der Waals surface area contributed by atoms with Crippen molar-refractivity contribution in [3.05, 3.63) is 54.0 Å². The molecule has 0 heterocycles. The van der Waals surface area contributed by atoms with Gasteiger partial charge in [0.05, 0.1) is 0 Å². The first-order chi connectivity index (χ1) is 11.5. The second-order valence-corrected chi connectivity index (χ2v) is 17.0. The Hall–Kier alpha value is 0.640. The van der Waals surface area contributed by atoms with Gasteiger partial charge in [0.15, 0.2) is 0 Å². The third-order valence-electron chi connectivity index (χ3n) is 5.43. The maximum atomic E-state index is 3.19. The molecule has 0 N–H and O–H groups in total. The number of fused-ring (bicyclic) bond motifs is 3. The molecule has 2 saturated carbocycles. The van der Waals surface area contributed by atoms with Crippen molar-refractivity contribution >= 4 is 30.2 Å². The molecule has 0 aromatic heterocycles. The van der Waals surface area contributed by atoms with E-state index in [4.69, 9.17) is 0 Å². The van der Waals surface area contributed by atoms with Crippen LogP contribution >= 0.6 is 24.8 Å². The van der Waals surface area contributed by atoms with Gasteiger partial charge < -0.3 is 6.42 Å². The summed E-state index contributed by atoms with van der Waals surface area (Å²) in [6, 6.07) is 0. The molecule has 2 fully saturated rings. The van der Waals surface area contributed by atoms with Gasteiger partial charge in [-0.15, -0.1) is 50.2 Å².